The number of nitrogens with zero attached hydrogens (tertiary/aromatic N) is 2. The Labute approximate surface area is 155 Å². The van der Waals surface area contributed by atoms with E-state index < -0.39 is 0 Å². The lowest BCUT2D eigenvalue weighted by Crippen LogP contribution is -2.05. The lowest BCUT2D eigenvalue weighted by Gasteiger charge is -2.14. The van der Waals surface area contributed by atoms with Crippen molar-refractivity contribution in [1.29, 1.82) is 0 Å². The smallest absolute Gasteiger partial charge is 0.181 e. The molecule has 0 saturated carbocycles. The van der Waals surface area contributed by atoms with E-state index in [0.29, 0.717) is 6.54 Å². The minimum absolute atomic E-state index is 0.604. The third kappa shape index (κ3) is 2.79. The maximum Gasteiger partial charge on any atom is 0.181 e. The van der Waals surface area contributed by atoms with E-state index in [9.17, 15) is 0 Å². The summed E-state index contributed by atoms with van der Waals surface area (Å²) >= 11 is 0. The van der Waals surface area contributed by atoms with E-state index in [4.69, 9.17) is 13.8 Å². The highest BCUT2D eigenvalue weighted by Crippen LogP contribution is 2.32. The fraction of sp³-hybridized carbons (Fsp3) is 0.0455. The molecule has 0 aliphatic heterocycles. The van der Waals surface area contributed by atoms with Crippen LogP contribution in [-0.4, -0.2) is 9.55 Å². The molecular weight excluding hydrogens is 338 g/mol. The predicted molar refractivity (Wildman–Crippen MR) is 105 cm³/mol. The van der Waals surface area contributed by atoms with Gasteiger partial charge in [0.2, 0.25) is 0 Å². The van der Waals surface area contributed by atoms with Gasteiger partial charge in [0.15, 0.2) is 11.6 Å². The summed E-state index contributed by atoms with van der Waals surface area (Å²) < 4.78 is 13.2. The predicted octanol–water partition coefficient (Wildman–Crippen LogP) is 5.49. The van der Waals surface area contributed by atoms with Crippen molar-refractivity contribution in [2.75, 3.05) is 5.32 Å². The molecule has 3 aromatic heterocycles. The number of fused-ring (bicyclic) bond motifs is 1. The summed E-state index contributed by atoms with van der Waals surface area (Å²) in [7, 11) is 0. The van der Waals surface area contributed by atoms with E-state index in [1.165, 1.54) is 0 Å². The highest BCUT2D eigenvalue weighted by molar-refractivity contribution is 5.84. The van der Waals surface area contributed by atoms with Crippen LogP contribution >= 0.6 is 0 Å². The van der Waals surface area contributed by atoms with Crippen molar-refractivity contribution in [3.8, 4) is 17.3 Å². The topological polar surface area (TPSA) is 56.1 Å². The Bertz CT molecular complexity index is 1170. The summed E-state index contributed by atoms with van der Waals surface area (Å²) in [5.41, 5.74) is 3.94. The molecule has 0 saturated heterocycles. The number of aromatic nitrogens is 2. The molecule has 27 heavy (non-hydrogen) atoms. The van der Waals surface area contributed by atoms with Gasteiger partial charge in [-0.05, 0) is 48.5 Å². The van der Waals surface area contributed by atoms with Crippen LogP contribution in [0.1, 0.15) is 5.76 Å². The zero-order valence-electron chi connectivity index (χ0n) is 14.5. The van der Waals surface area contributed by atoms with Crippen LogP contribution < -0.4 is 5.32 Å². The number of hydrogen-bond acceptors (Lipinski definition) is 4. The molecule has 0 bridgehead atoms. The number of imidazole rings is 1. The van der Waals surface area contributed by atoms with Gasteiger partial charge in [-0.1, -0.05) is 24.3 Å². The van der Waals surface area contributed by atoms with Gasteiger partial charge in [0.25, 0.3) is 0 Å². The SMILES string of the molecule is c1coc(CNc2ccccc2-n2c(-c3ccco3)nc3ccccc32)c1. The van der Waals surface area contributed by atoms with Crippen LogP contribution in [0.25, 0.3) is 28.3 Å². The maximum atomic E-state index is 5.65. The van der Waals surface area contributed by atoms with Gasteiger partial charge in [-0.15, -0.1) is 0 Å². The fourth-order valence-corrected chi connectivity index (χ4v) is 3.25. The van der Waals surface area contributed by atoms with Crippen LogP contribution in [-0.2, 0) is 6.54 Å². The highest BCUT2D eigenvalue weighted by Gasteiger charge is 2.18. The maximum absolute atomic E-state index is 5.65. The second kappa shape index (κ2) is 6.53. The quantitative estimate of drug-likeness (QED) is 0.453. The normalized spacial score (nSPS) is 11.1. The number of nitrogens with one attached hydrogen (secondary N) is 1. The Morgan fingerprint density at radius 2 is 1.63 bits per heavy atom. The van der Waals surface area contributed by atoms with Crippen LogP contribution in [0.2, 0.25) is 0 Å². The Morgan fingerprint density at radius 3 is 2.48 bits per heavy atom. The molecular formula is C22H17N3O2. The molecule has 3 heterocycles. The molecule has 0 aliphatic rings. The minimum Gasteiger partial charge on any atom is -0.467 e. The Kier molecular flexibility index (Phi) is 3.76. The summed E-state index contributed by atoms with van der Waals surface area (Å²) in [5, 5.41) is 3.47. The number of benzene rings is 2. The Morgan fingerprint density at radius 1 is 0.815 bits per heavy atom. The lowest BCUT2D eigenvalue weighted by molar-refractivity contribution is 0.518. The zero-order chi connectivity index (χ0) is 18.1. The molecule has 0 aliphatic carbocycles. The average molecular weight is 355 g/mol. The number of hydrogen-bond donors (Lipinski definition) is 1. The number of para-hydroxylation sites is 4. The summed E-state index contributed by atoms with van der Waals surface area (Å²) in [6, 6.07) is 23.9. The van der Waals surface area contributed by atoms with E-state index >= 15 is 0 Å². The van der Waals surface area contributed by atoms with Crippen molar-refractivity contribution in [2.45, 2.75) is 6.54 Å². The molecule has 0 spiro atoms. The lowest BCUT2D eigenvalue weighted by atomic mass is 10.2. The largest absolute Gasteiger partial charge is 0.467 e. The third-order valence-corrected chi connectivity index (χ3v) is 4.48. The van der Waals surface area contributed by atoms with Gasteiger partial charge in [-0.2, -0.15) is 0 Å². The molecule has 0 radical (unpaired) electrons. The second-order valence-corrected chi connectivity index (χ2v) is 6.19. The van der Waals surface area contributed by atoms with E-state index in [-0.39, 0.29) is 0 Å². The number of anilines is 1. The van der Waals surface area contributed by atoms with Crippen LogP contribution in [0.3, 0.4) is 0 Å². The Balaban J connectivity index is 1.66. The van der Waals surface area contributed by atoms with E-state index in [1.807, 2.05) is 54.6 Å². The van der Waals surface area contributed by atoms with Crippen molar-refractivity contribution in [1.82, 2.24) is 9.55 Å². The van der Waals surface area contributed by atoms with Gasteiger partial charge in [0, 0.05) is 0 Å². The Hall–Kier alpha value is -3.73. The standard InChI is InChI=1S/C22H17N3O2/c1-3-10-19(17(8-1)23-15-16-7-5-13-26-16)25-20-11-4-2-9-18(20)24-22(25)21-12-6-14-27-21/h1-14,23H,15H2. The van der Waals surface area contributed by atoms with Crippen molar-refractivity contribution < 1.29 is 8.83 Å². The summed E-state index contributed by atoms with van der Waals surface area (Å²) in [6.45, 7) is 0.604. The highest BCUT2D eigenvalue weighted by atomic mass is 16.3. The van der Waals surface area contributed by atoms with Crippen LogP contribution in [0.15, 0.2) is 94.2 Å². The minimum atomic E-state index is 0.604. The summed E-state index contributed by atoms with van der Waals surface area (Å²) in [5.74, 6) is 2.38. The number of rotatable bonds is 5. The molecule has 0 amide bonds. The molecule has 1 N–H and O–H groups in total. The van der Waals surface area contributed by atoms with Crippen LogP contribution in [0.4, 0.5) is 5.69 Å². The second-order valence-electron chi connectivity index (χ2n) is 6.19. The molecule has 0 atom stereocenters. The van der Waals surface area contributed by atoms with Gasteiger partial charge < -0.3 is 14.2 Å². The first-order chi connectivity index (χ1) is 13.4. The van der Waals surface area contributed by atoms with E-state index in [1.54, 1.807) is 12.5 Å². The number of furan rings is 2. The van der Waals surface area contributed by atoms with Gasteiger partial charge in [-0.25, -0.2) is 4.98 Å². The van der Waals surface area contributed by atoms with Crippen molar-refractivity contribution in [2.24, 2.45) is 0 Å². The molecule has 5 heteroatoms. The van der Waals surface area contributed by atoms with Gasteiger partial charge in [-0.3, -0.25) is 4.57 Å². The van der Waals surface area contributed by atoms with Gasteiger partial charge in [0.1, 0.15) is 5.76 Å². The molecule has 0 unspecified atom stereocenters. The average Bonchev–Trinajstić information content (AvgIpc) is 3.47. The fourth-order valence-electron chi connectivity index (χ4n) is 3.25. The molecule has 2 aromatic carbocycles. The first-order valence-corrected chi connectivity index (χ1v) is 8.77. The first kappa shape index (κ1) is 15.5. The summed E-state index contributed by atoms with van der Waals surface area (Å²) in [6.07, 6.45) is 3.35. The molecule has 5 rings (SSSR count). The van der Waals surface area contributed by atoms with Crippen molar-refractivity contribution >= 4 is 16.7 Å². The molecule has 0 fully saturated rings. The van der Waals surface area contributed by atoms with E-state index in [0.717, 1.165) is 39.8 Å². The van der Waals surface area contributed by atoms with Gasteiger partial charge in [0.05, 0.1) is 41.5 Å². The summed E-state index contributed by atoms with van der Waals surface area (Å²) in [4.78, 5) is 4.81. The van der Waals surface area contributed by atoms with Crippen molar-refractivity contribution in [3.05, 3.63) is 91.1 Å². The zero-order valence-corrected chi connectivity index (χ0v) is 14.5. The first-order valence-electron chi connectivity index (χ1n) is 8.77. The van der Waals surface area contributed by atoms with E-state index in [2.05, 4.69) is 28.1 Å². The van der Waals surface area contributed by atoms with Gasteiger partial charge >= 0.3 is 0 Å². The van der Waals surface area contributed by atoms with Crippen LogP contribution in [0, 0.1) is 0 Å². The molecule has 5 nitrogen and oxygen atoms in total. The monoisotopic (exact) mass is 355 g/mol. The van der Waals surface area contributed by atoms with Crippen LogP contribution in [0.5, 0.6) is 0 Å². The molecule has 132 valence electrons. The molecule has 5 aromatic rings. The van der Waals surface area contributed by atoms with Crippen molar-refractivity contribution in [3.63, 3.8) is 0 Å². The third-order valence-electron chi connectivity index (χ3n) is 4.48.